The zero-order valence-corrected chi connectivity index (χ0v) is 21.0. The second-order valence-electron chi connectivity index (χ2n) is 9.39. The van der Waals surface area contributed by atoms with Gasteiger partial charge in [0.15, 0.2) is 0 Å². The summed E-state index contributed by atoms with van der Waals surface area (Å²) in [5.41, 5.74) is 2.44. The van der Waals surface area contributed by atoms with E-state index in [1.807, 2.05) is 0 Å². The number of hydrogen-bond donors (Lipinski definition) is 1. The minimum Gasteiger partial charge on any atom is -0.459 e. The lowest BCUT2D eigenvalue weighted by molar-refractivity contribution is -0.0930. The lowest BCUT2D eigenvalue weighted by Gasteiger charge is -2.33. The number of halogens is 2. The summed E-state index contributed by atoms with van der Waals surface area (Å²) in [6.07, 6.45) is 0.604. The van der Waals surface area contributed by atoms with Crippen LogP contribution in [0.4, 0.5) is 13.6 Å². The first kappa shape index (κ1) is 27.3. The molecule has 2 unspecified atom stereocenters. The first-order chi connectivity index (χ1) is 17.0. The number of hydrogen-bond acceptors (Lipinski definition) is 5. The molecule has 0 saturated carbocycles. The number of alkyl halides is 2. The average molecular weight is 502 g/mol. The number of amides is 1. The number of esters is 1. The fourth-order valence-electron chi connectivity index (χ4n) is 4.13. The molecule has 0 radical (unpaired) electrons. The van der Waals surface area contributed by atoms with Gasteiger partial charge in [0.05, 0.1) is 24.3 Å². The molecule has 0 aromatic heterocycles. The highest BCUT2D eigenvalue weighted by Gasteiger charge is 2.39. The van der Waals surface area contributed by atoms with E-state index in [0.29, 0.717) is 29.5 Å². The molecule has 1 heterocycles. The van der Waals surface area contributed by atoms with Gasteiger partial charge in [0.2, 0.25) is 0 Å². The quantitative estimate of drug-likeness (QED) is 0.371. The third kappa shape index (κ3) is 6.91. The molecule has 2 aromatic carbocycles. The van der Waals surface area contributed by atoms with Gasteiger partial charge in [-0.3, -0.25) is 0 Å². The predicted octanol–water partition coefficient (Wildman–Crippen LogP) is 5.33. The van der Waals surface area contributed by atoms with Gasteiger partial charge in [-0.15, -0.1) is 0 Å². The number of benzene rings is 2. The van der Waals surface area contributed by atoms with Crippen LogP contribution in [0, 0.1) is 13.8 Å². The second kappa shape index (κ2) is 11.6. The molecule has 0 spiro atoms. The van der Waals surface area contributed by atoms with Crippen LogP contribution in [0.25, 0.3) is 0 Å². The molecule has 36 heavy (non-hydrogen) atoms. The number of aryl methyl sites for hydroxylation is 2. The van der Waals surface area contributed by atoms with E-state index < -0.39 is 30.1 Å². The zero-order chi connectivity index (χ0) is 26.5. The highest BCUT2D eigenvalue weighted by Crippen LogP contribution is 2.34. The molecule has 1 N–H and O–H groups in total. The fourth-order valence-corrected chi connectivity index (χ4v) is 4.13. The molecule has 1 aliphatic heterocycles. The Balaban J connectivity index is 1.67. The van der Waals surface area contributed by atoms with Crippen molar-refractivity contribution in [3.63, 3.8) is 0 Å². The van der Waals surface area contributed by atoms with Gasteiger partial charge >= 0.3 is 18.0 Å². The third-order valence-electron chi connectivity index (χ3n) is 5.94. The molecule has 2 aromatic rings. The van der Waals surface area contributed by atoms with Crippen molar-refractivity contribution in [2.45, 2.75) is 64.7 Å². The molecule has 194 valence electrons. The molecular formula is C28H33F2NO5. The Morgan fingerprint density at radius 3 is 2.44 bits per heavy atom. The van der Waals surface area contributed by atoms with Gasteiger partial charge in [-0.2, -0.15) is 8.78 Å². The normalized spacial score (nSPS) is 17.4. The Hall–Kier alpha value is -3.26. The Bertz CT molecular complexity index is 1080. The number of rotatable bonds is 9. The number of cyclic esters (lactones) is 1. The standard InChI is InChI=1S/C28H33F2NO5/c1-18(2)36-26(33)22-7-5-21(6-8-22)11-13-31-24(12-14-35-27(31)34)9-10-25(32)28(29,30)23-16-19(3)15-20(4)17-23/h5-10,15-18,24-25,32H,11-14H2,1-4H3. The van der Waals surface area contributed by atoms with Gasteiger partial charge in [-0.1, -0.05) is 41.5 Å². The summed E-state index contributed by atoms with van der Waals surface area (Å²) in [5, 5.41) is 10.3. The topological polar surface area (TPSA) is 76.1 Å². The van der Waals surface area contributed by atoms with E-state index in [1.165, 1.54) is 23.1 Å². The highest BCUT2D eigenvalue weighted by molar-refractivity contribution is 5.89. The summed E-state index contributed by atoms with van der Waals surface area (Å²) in [4.78, 5) is 25.9. The van der Waals surface area contributed by atoms with Crippen molar-refractivity contribution in [1.82, 2.24) is 4.90 Å². The van der Waals surface area contributed by atoms with Crippen molar-refractivity contribution in [1.29, 1.82) is 0 Å². The van der Waals surface area contributed by atoms with Gasteiger partial charge < -0.3 is 19.5 Å². The van der Waals surface area contributed by atoms with Gasteiger partial charge in [0, 0.05) is 18.5 Å². The Morgan fingerprint density at radius 2 is 1.83 bits per heavy atom. The van der Waals surface area contributed by atoms with E-state index >= 15 is 0 Å². The second-order valence-corrected chi connectivity index (χ2v) is 9.39. The van der Waals surface area contributed by atoms with Crippen LogP contribution in [0.3, 0.4) is 0 Å². The summed E-state index contributed by atoms with van der Waals surface area (Å²) in [6, 6.07) is 10.9. The lowest BCUT2D eigenvalue weighted by Crippen LogP contribution is -2.45. The number of aliphatic hydroxyl groups is 1. The maximum atomic E-state index is 14.9. The van der Waals surface area contributed by atoms with Crippen molar-refractivity contribution in [2.24, 2.45) is 0 Å². The number of ether oxygens (including phenoxy) is 2. The molecule has 6 nitrogen and oxygen atoms in total. The van der Waals surface area contributed by atoms with Crippen LogP contribution >= 0.6 is 0 Å². The largest absolute Gasteiger partial charge is 0.459 e. The molecule has 0 bridgehead atoms. The van der Waals surface area contributed by atoms with Crippen LogP contribution in [-0.4, -0.2) is 53.5 Å². The molecule has 3 rings (SSSR count). The van der Waals surface area contributed by atoms with Crippen LogP contribution in [0.15, 0.2) is 54.6 Å². The summed E-state index contributed by atoms with van der Waals surface area (Å²) in [5.74, 6) is -3.89. The SMILES string of the molecule is Cc1cc(C)cc(C(F)(F)C(O)C=CC2CCOC(=O)N2CCc2ccc(C(=O)OC(C)C)cc2)c1. The van der Waals surface area contributed by atoms with E-state index in [9.17, 15) is 23.5 Å². The van der Waals surface area contributed by atoms with Crippen molar-refractivity contribution < 1.29 is 33.0 Å². The summed E-state index contributed by atoms with van der Waals surface area (Å²) in [7, 11) is 0. The van der Waals surface area contributed by atoms with Crippen molar-refractivity contribution in [2.75, 3.05) is 13.2 Å². The van der Waals surface area contributed by atoms with E-state index in [0.717, 1.165) is 11.6 Å². The predicted molar refractivity (Wildman–Crippen MR) is 132 cm³/mol. The maximum absolute atomic E-state index is 14.9. The highest BCUT2D eigenvalue weighted by atomic mass is 19.3. The van der Waals surface area contributed by atoms with Gasteiger partial charge in [-0.05, 0) is 63.9 Å². The molecular weight excluding hydrogens is 468 g/mol. The van der Waals surface area contributed by atoms with Gasteiger partial charge in [0.1, 0.15) is 6.10 Å². The first-order valence-electron chi connectivity index (χ1n) is 12.0. The number of nitrogens with zero attached hydrogens (tertiary/aromatic N) is 1. The zero-order valence-electron chi connectivity index (χ0n) is 21.0. The maximum Gasteiger partial charge on any atom is 0.410 e. The van der Waals surface area contributed by atoms with Crippen LogP contribution in [0.5, 0.6) is 0 Å². The van der Waals surface area contributed by atoms with Gasteiger partial charge in [0.25, 0.3) is 0 Å². The summed E-state index contributed by atoms with van der Waals surface area (Å²) in [6.45, 7) is 7.46. The van der Waals surface area contributed by atoms with E-state index in [4.69, 9.17) is 9.47 Å². The molecule has 8 heteroatoms. The molecule has 0 aliphatic carbocycles. The minimum absolute atomic E-state index is 0.167. The average Bonchev–Trinajstić information content (AvgIpc) is 2.81. The summed E-state index contributed by atoms with van der Waals surface area (Å²) < 4.78 is 40.2. The molecule has 2 atom stereocenters. The number of carbonyl (C=O) groups is 2. The van der Waals surface area contributed by atoms with E-state index in [-0.39, 0.29) is 24.8 Å². The molecule has 1 saturated heterocycles. The Morgan fingerprint density at radius 1 is 1.19 bits per heavy atom. The Labute approximate surface area is 210 Å². The number of carbonyl (C=O) groups excluding carboxylic acids is 2. The molecule has 1 aliphatic rings. The van der Waals surface area contributed by atoms with Crippen LogP contribution in [0.2, 0.25) is 0 Å². The van der Waals surface area contributed by atoms with Crippen LogP contribution < -0.4 is 0 Å². The van der Waals surface area contributed by atoms with Gasteiger partial charge in [-0.25, -0.2) is 9.59 Å². The first-order valence-corrected chi connectivity index (χ1v) is 12.0. The summed E-state index contributed by atoms with van der Waals surface area (Å²) >= 11 is 0. The fraction of sp³-hybridized carbons (Fsp3) is 0.429. The molecule has 1 fully saturated rings. The number of aliphatic hydroxyl groups excluding tert-OH is 1. The molecule has 1 amide bonds. The smallest absolute Gasteiger partial charge is 0.410 e. The lowest BCUT2D eigenvalue weighted by atomic mass is 9.97. The third-order valence-corrected chi connectivity index (χ3v) is 5.94. The minimum atomic E-state index is -3.48. The van der Waals surface area contributed by atoms with Crippen molar-refractivity contribution >= 4 is 12.1 Å². The van der Waals surface area contributed by atoms with Crippen LogP contribution in [0.1, 0.15) is 52.9 Å². The monoisotopic (exact) mass is 501 g/mol. The Kier molecular flexibility index (Phi) is 8.84. The van der Waals surface area contributed by atoms with Crippen LogP contribution in [-0.2, 0) is 21.8 Å². The van der Waals surface area contributed by atoms with E-state index in [2.05, 4.69) is 0 Å². The van der Waals surface area contributed by atoms with Crippen molar-refractivity contribution in [3.8, 4) is 0 Å². The van der Waals surface area contributed by atoms with Crippen molar-refractivity contribution in [3.05, 3.63) is 82.4 Å². The van der Waals surface area contributed by atoms with E-state index in [1.54, 1.807) is 58.0 Å².